The molecule has 7 nitrogen and oxygen atoms in total. The molecule has 8 heteroatoms. The molecule has 0 spiro atoms. The monoisotopic (exact) mass is 328 g/mol. The van der Waals surface area contributed by atoms with Crippen LogP contribution in [0.5, 0.6) is 11.5 Å². The summed E-state index contributed by atoms with van der Waals surface area (Å²) in [5, 5.41) is 6.71. The van der Waals surface area contributed by atoms with Crippen molar-refractivity contribution >= 4 is 34.6 Å². The second-order valence-electron chi connectivity index (χ2n) is 4.97. The van der Waals surface area contributed by atoms with Crippen LogP contribution in [0.2, 0.25) is 0 Å². The Hall–Kier alpha value is -2.74. The number of amides is 1. The summed E-state index contributed by atoms with van der Waals surface area (Å²) in [6.45, 7) is 0.216. The van der Waals surface area contributed by atoms with E-state index >= 15 is 0 Å². The van der Waals surface area contributed by atoms with Crippen LogP contribution in [0, 0.1) is 0 Å². The third-order valence-corrected chi connectivity index (χ3v) is 4.09. The van der Waals surface area contributed by atoms with Gasteiger partial charge >= 0.3 is 0 Å². The number of carbonyl (C=O) groups is 1. The minimum atomic E-state index is -0.153. The Morgan fingerprint density at radius 1 is 1.39 bits per heavy atom. The molecule has 0 unspecified atom stereocenters. The van der Waals surface area contributed by atoms with Gasteiger partial charge in [-0.05, 0) is 30.0 Å². The molecule has 0 radical (unpaired) electrons. The van der Waals surface area contributed by atoms with E-state index in [0.717, 1.165) is 22.2 Å². The summed E-state index contributed by atoms with van der Waals surface area (Å²) in [5.74, 6) is 1.87. The number of fused-ring (bicyclic) bond motifs is 1. The number of aromatic nitrogens is 2. The van der Waals surface area contributed by atoms with Crippen molar-refractivity contribution in [1.29, 1.82) is 0 Å². The van der Waals surface area contributed by atoms with Crippen molar-refractivity contribution in [2.24, 2.45) is 12.0 Å². The smallest absolute Gasteiger partial charge is 0.289 e. The van der Waals surface area contributed by atoms with Crippen molar-refractivity contribution in [2.45, 2.75) is 0 Å². The maximum atomic E-state index is 11.7. The average Bonchev–Trinajstić information content (AvgIpc) is 3.21. The molecule has 1 N–H and O–H groups in total. The number of ether oxygens (including phenoxy) is 2. The molecule has 2 aliphatic heterocycles. The fourth-order valence-electron chi connectivity index (χ4n) is 2.26. The lowest BCUT2D eigenvalue weighted by Crippen LogP contribution is -2.18. The van der Waals surface area contributed by atoms with Crippen LogP contribution in [-0.4, -0.2) is 27.6 Å². The van der Waals surface area contributed by atoms with Crippen molar-refractivity contribution in [2.75, 3.05) is 6.79 Å². The van der Waals surface area contributed by atoms with E-state index in [9.17, 15) is 4.79 Å². The number of nitrogens with one attached hydrogen (secondary N) is 1. The largest absolute Gasteiger partial charge is 0.454 e. The Kier molecular flexibility index (Phi) is 3.30. The first kappa shape index (κ1) is 13.9. The van der Waals surface area contributed by atoms with Gasteiger partial charge in [-0.3, -0.25) is 9.48 Å². The molecule has 1 fully saturated rings. The van der Waals surface area contributed by atoms with Gasteiger partial charge in [0.1, 0.15) is 5.84 Å². The number of hydrogen-bond donors (Lipinski definition) is 1. The Morgan fingerprint density at radius 2 is 2.26 bits per heavy atom. The summed E-state index contributed by atoms with van der Waals surface area (Å²) in [6, 6.07) is 5.40. The van der Waals surface area contributed by atoms with Crippen molar-refractivity contribution in [1.82, 2.24) is 15.1 Å². The molecule has 2 aromatic rings. The topological polar surface area (TPSA) is 77.7 Å². The highest BCUT2D eigenvalue weighted by Crippen LogP contribution is 2.36. The predicted octanol–water partition coefficient (Wildman–Crippen LogP) is 2.68. The number of rotatable bonds is 2. The third-order valence-electron chi connectivity index (χ3n) is 3.28. The van der Waals surface area contributed by atoms with Crippen molar-refractivity contribution < 1.29 is 14.3 Å². The van der Waals surface area contributed by atoms with Gasteiger partial charge in [0.25, 0.3) is 5.24 Å². The molecule has 0 aliphatic carbocycles. The zero-order valence-electron chi connectivity index (χ0n) is 12.1. The van der Waals surface area contributed by atoms with E-state index in [4.69, 9.17) is 9.47 Å². The molecule has 0 bridgehead atoms. The summed E-state index contributed by atoms with van der Waals surface area (Å²) in [7, 11) is 1.84. The second-order valence-corrected chi connectivity index (χ2v) is 5.98. The van der Waals surface area contributed by atoms with Crippen molar-refractivity contribution in [3.8, 4) is 11.5 Å². The van der Waals surface area contributed by atoms with Gasteiger partial charge in [0, 0.05) is 24.9 Å². The lowest BCUT2D eigenvalue weighted by molar-refractivity contribution is 0.174. The highest BCUT2D eigenvalue weighted by molar-refractivity contribution is 8.18. The first-order chi connectivity index (χ1) is 11.2. The Bertz CT molecular complexity index is 856. The summed E-state index contributed by atoms with van der Waals surface area (Å²) >= 11 is 1.11. The molecular weight excluding hydrogens is 316 g/mol. The van der Waals surface area contributed by atoms with Crippen molar-refractivity contribution in [3.05, 3.63) is 41.1 Å². The molecule has 4 rings (SSSR count). The Balaban J connectivity index is 1.68. The molecule has 1 aromatic heterocycles. The van der Waals surface area contributed by atoms with Crippen LogP contribution < -0.4 is 14.8 Å². The molecule has 0 saturated carbocycles. The van der Waals surface area contributed by atoms with E-state index in [-0.39, 0.29) is 12.0 Å². The van der Waals surface area contributed by atoms with Crippen LogP contribution in [0.3, 0.4) is 0 Å². The molecule has 0 atom stereocenters. The molecule has 1 amide bonds. The first-order valence-electron chi connectivity index (χ1n) is 6.85. The zero-order valence-corrected chi connectivity index (χ0v) is 13.0. The SMILES string of the molecule is Cn1cc(C=C2SC(=O)NC2=Nc2ccc3c(c2)OCO3)cn1. The first-order valence-corrected chi connectivity index (χ1v) is 7.67. The Labute approximate surface area is 136 Å². The van der Waals surface area contributed by atoms with Crippen LogP contribution in [-0.2, 0) is 7.05 Å². The van der Waals surface area contributed by atoms with Crippen LogP contribution in [0.25, 0.3) is 6.08 Å². The summed E-state index contributed by atoms with van der Waals surface area (Å²) in [6.07, 6.45) is 5.48. The number of aryl methyl sites for hydroxylation is 1. The molecule has 116 valence electrons. The lowest BCUT2D eigenvalue weighted by atomic mass is 10.2. The summed E-state index contributed by atoms with van der Waals surface area (Å²) in [4.78, 5) is 17.0. The fraction of sp³-hybridized carbons (Fsp3) is 0.133. The highest BCUT2D eigenvalue weighted by Gasteiger charge is 2.24. The number of aliphatic imine (C=N–C) groups is 1. The van der Waals surface area contributed by atoms with E-state index in [2.05, 4.69) is 15.4 Å². The zero-order chi connectivity index (χ0) is 15.8. The fourth-order valence-corrected chi connectivity index (χ4v) is 3.00. The van der Waals surface area contributed by atoms with E-state index in [1.165, 1.54) is 0 Å². The van der Waals surface area contributed by atoms with Gasteiger partial charge in [0.15, 0.2) is 11.5 Å². The molecule has 1 saturated heterocycles. The third kappa shape index (κ3) is 2.80. The number of nitrogens with zero attached hydrogens (tertiary/aromatic N) is 3. The van der Waals surface area contributed by atoms with E-state index in [1.807, 2.05) is 25.4 Å². The number of thioether (sulfide) groups is 1. The van der Waals surface area contributed by atoms with Crippen LogP contribution in [0.4, 0.5) is 10.5 Å². The maximum Gasteiger partial charge on any atom is 0.289 e. The summed E-state index contributed by atoms with van der Waals surface area (Å²) < 4.78 is 12.3. The molecule has 23 heavy (non-hydrogen) atoms. The van der Waals surface area contributed by atoms with Gasteiger partial charge in [-0.2, -0.15) is 5.10 Å². The number of amidine groups is 1. The molecule has 3 heterocycles. The predicted molar refractivity (Wildman–Crippen MR) is 87.0 cm³/mol. The standard InChI is InChI=1S/C15H12N4O3S/c1-19-7-9(6-16-19)4-13-14(18-15(20)23-13)17-10-2-3-11-12(5-10)22-8-21-11/h2-7H,8H2,1H3,(H,17,18,20). The van der Waals surface area contributed by atoms with Gasteiger partial charge in [-0.15, -0.1) is 0 Å². The van der Waals surface area contributed by atoms with E-state index < -0.39 is 0 Å². The second kappa shape index (κ2) is 5.47. The van der Waals surface area contributed by atoms with Crippen LogP contribution in [0.1, 0.15) is 5.56 Å². The molecule has 1 aromatic carbocycles. The minimum Gasteiger partial charge on any atom is -0.454 e. The van der Waals surface area contributed by atoms with Crippen LogP contribution in [0.15, 0.2) is 40.5 Å². The minimum absolute atomic E-state index is 0.153. The molecule has 2 aliphatic rings. The number of carbonyl (C=O) groups excluding carboxylic acids is 1. The van der Waals surface area contributed by atoms with Crippen molar-refractivity contribution in [3.63, 3.8) is 0 Å². The average molecular weight is 328 g/mol. The number of benzene rings is 1. The Morgan fingerprint density at radius 3 is 3.09 bits per heavy atom. The van der Waals surface area contributed by atoms with Gasteiger partial charge in [0.2, 0.25) is 6.79 Å². The lowest BCUT2D eigenvalue weighted by Gasteiger charge is -2.01. The number of hydrogen-bond acceptors (Lipinski definition) is 6. The summed E-state index contributed by atoms with van der Waals surface area (Å²) in [5.41, 5.74) is 1.59. The van der Waals surface area contributed by atoms with Gasteiger partial charge in [-0.1, -0.05) is 0 Å². The quantitative estimate of drug-likeness (QED) is 0.917. The molecular formula is C15H12N4O3S. The van der Waals surface area contributed by atoms with Crippen LogP contribution >= 0.6 is 11.8 Å². The van der Waals surface area contributed by atoms with Gasteiger partial charge < -0.3 is 14.8 Å². The van der Waals surface area contributed by atoms with E-state index in [1.54, 1.807) is 23.0 Å². The maximum absolute atomic E-state index is 11.7. The normalized spacial score (nSPS) is 19.6. The highest BCUT2D eigenvalue weighted by atomic mass is 32.2. The van der Waals surface area contributed by atoms with Gasteiger partial charge in [-0.25, -0.2) is 4.99 Å². The van der Waals surface area contributed by atoms with E-state index in [0.29, 0.717) is 23.0 Å². The van der Waals surface area contributed by atoms with Gasteiger partial charge in [0.05, 0.1) is 16.8 Å².